The molecule has 0 radical (unpaired) electrons. The molecule has 0 saturated carbocycles. The van der Waals surface area contributed by atoms with E-state index in [0.29, 0.717) is 13.1 Å². The van der Waals surface area contributed by atoms with Crippen LogP contribution in [0.1, 0.15) is 52.9 Å². The van der Waals surface area contributed by atoms with Gasteiger partial charge in [-0.1, -0.05) is 33.1 Å². The lowest BCUT2D eigenvalue weighted by molar-refractivity contribution is -0.139. The summed E-state index contributed by atoms with van der Waals surface area (Å²) in [5.74, 6) is -0.333. The summed E-state index contributed by atoms with van der Waals surface area (Å²) < 4.78 is 0. The number of hydrogen-bond acceptors (Lipinski definition) is 3. The van der Waals surface area contributed by atoms with Gasteiger partial charge in [-0.25, -0.2) is 0 Å². The van der Waals surface area contributed by atoms with E-state index in [1.165, 1.54) is 0 Å². The standard InChI is InChI=1S/C13H24N2O2/c1-4-6-8-13(3,7-5-2)15-9-11(16)14-12(17)10-15/h4-10H2,1-3H3,(H,14,16,17). The second kappa shape index (κ2) is 6.15. The average molecular weight is 240 g/mol. The van der Waals surface area contributed by atoms with Crippen LogP contribution in [0.3, 0.4) is 0 Å². The van der Waals surface area contributed by atoms with Crippen LogP contribution in [0.15, 0.2) is 0 Å². The Morgan fingerprint density at radius 2 is 1.71 bits per heavy atom. The van der Waals surface area contributed by atoms with Crippen LogP contribution in [-0.4, -0.2) is 35.3 Å². The van der Waals surface area contributed by atoms with Crippen molar-refractivity contribution in [3.05, 3.63) is 0 Å². The van der Waals surface area contributed by atoms with Gasteiger partial charge in [0.2, 0.25) is 11.8 Å². The summed E-state index contributed by atoms with van der Waals surface area (Å²) in [4.78, 5) is 24.9. The molecule has 98 valence electrons. The van der Waals surface area contributed by atoms with Crippen LogP contribution in [-0.2, 0) is 9.59 Å². The predicted molar refractivity (Wildman–Crippen MR) is 67.6 cm³/mol. The van der Waals surface area contributed by atoms with Gasteiger partial charge in [-0.2, -0.15) is 0 Å². The quantitative estimate of drug-likeness (QED) is 0.719. The number of hydrogen-bond donors (Lipinski definition) is 1. The van der Waals surface area contributed by atoms with E-state index in [1.807, 2.05) is 4.90 Å². The monoisotopic (exact) mass is 240 g/mol. The second-order valence-corrected chi connectivity index (χ2v) is 5.18. The summed E-state index contributed by atoms with van der Waals surface area (Å²) in [6.07, 6.45) is 5.45. The van der Waals surface area contributed by atoms with Crippen LogP contribution < -0.4 is 5.32 Å². The Morgan fingerprint density at radius 1 is 1.12 bits per heavy atom. The van der Waals surface area contributed by atoms with Crippen molar-refractivity contribution in [2.75, 3.05) is 13.1 Å². The van der Waals surface area contributed by atoms with Gasteiger partial charge in [-0.3, -0.25) is 19.8 Å². The molecule has 0 aromatic carbocycles. The number of nitrogens with one attached hydrogen (secondary N) is 1. The van der Waals surface area contributed by atoms with Crippen molar-refractivity contribution < 1.29 is 9.59 Å². The molecule has 0 bridgehead atoms. The zero-order chi connectivity index (χ0) is 12.9. The van der Waals surface area contributed by atoms with Crippen molar-refractivity contribution in [3.63, 3.8) is 0 Å². The Hall–Kier alpha value is -0.900. The molecule has 1 aliphatic heterocycles. The highest BCUT2D eigenvalue weighted by atomic mass is 16.2. The van der Waals surface area contributed by atoms with Gasteiger partial charge in [0.25, 0.3) is 0 Å². The first-order valence-corrected chi connectivity index (χ1v) is 6.59. The van der Waals surface area contributed by atoms with Gasteiger partial charge in [0.1, 0.15) is 0 Å². The van der Waals surface area contributed by atoms with Crippen LogP contribution >= 0.6 is 0 Å². The maximum atomic E-state index is 11.4. The van der Waals surface area contributed by atoms with Gasteiger partial charge >= 0.3 is 0 Å². The number of nitrogens with zero attached hydrogens (tertiary/aromatic N) is 1. The molecule has 1 rings (SSSR count). The molecular formula is C13H24N2O2. The van der Waals surface area contributed by atoms with Gasteiger partial charge in [-0.05, 0) is 19.8 Å². The Bertz CT molecular complexity index is 275. The van der Waals surface area contributed by atoms with Crippen LogP contribution in [0.5, 0.6) is 0 Å². The summed E-state index contributed by atoms with van der Waals surface area (Å²) in [6, 6.07) is 0. The highest BCUT2D eigenvalue weighted by Crippen LogP contribution is 2.28. The lowest BCUT2D eigenvalue weighted by Gasteiger charge is -2.42. The minimum atomic E-state index is -0.167. The minimum absolute atomic E-state index is 0.0157. The highest BCUT2D eigenvalue weighted by molar-refractivity contribution is 5.99. The van der Waals surface area contributed by atoms with Gasteiger partial charge < -0.3 is 0 Å². The number of rotatable bonds is 6. The fourth-order valence-corrected chi connectivity index (χ4v) is 2.56. The molecule has 2 amide bonds. The first-order chi connectivity index (χ1) is 8.01. The highest BCUT2D eigenvalue weighted by Gasteiger charge is 2.35. The van der Waals surface area contributed by atoms with Crippen molar-refractivity contribution in [2.24, 2.45) is 0 Å². The lowest BCUT2D eigenvalue weighted by Crippen LogP contribution is -2.59. The molecular weight excluding hydrogens is 216 g/mol. The summed E-state index contributed by atoms with van der Waals surface area (Å²) in [6.45, 7) is 7.20. The molecule has 1 atom stereocenters. The topological polar surface area (TPSA) is 49.4 Å². The maximum Gasteiger partial charge on any atom is 0.240 e. The van der Waals surface area contributed by atoms with Crippen molar-refractivity contribution in [1.82, 2.24) is 10.2 Å². The second-order valence-electron chi connectivity index (χ2n) is 5.18. The van der Waals surface area contributed by atoms with Crippen LogP contribution in [0.2, 0.25) is 0 Å². The molecule has 1 saturated heterocycles. The summed E-state index contributed by atoms with van der Waals surface area (Å²) in [5, 5.41) is 2.36. The van der Waals surface area contributed by atoms with Crippen LogP contribution in [0.4, 0.5) is 0 Å². The molecule has 1 unspecified atom stereocenters. The summed E-state index contributed by atoms with van der Waals surface area (Å²) in [7, 11) is 0. The minimum Gasteiger partial charge on any atom is -0.294 e. The molecule has 1 N–H and O–H groups in total. The molecule has 4 heteroatoms. The Kier molecular flexibility index (Phi) is 5.12. The summed E-state index contributed by atoms with van der Waals surface area (Å²) >= 11 is 0. The predicted octanol–water partition coefficient (Wildman–Crippen LogP) is 1.69. The van der Waals surface area contributed by atoms with Crippen molar-refractivity contribution in [3.8, 4) is 0 Å². The van der Waals surface area contributed by atoms with E-state index in [9.17, 15) is 9.59 Å². The van der Waals surface area contributed by atoms with Gasteiger partial charge in [-0.15, -0.1) is 0 Å². The fourth-order valence-electron chi connectivity index (χ4n) is 2.56. The van der Waals surface area contributed by atoms with E-state index in [0.717, 1.165) is 32.1 Å². The number of carbonyl (C=O) groups excluding carboxylic acids is 2. The zero-order valence-electron chi connectivity index (χ0n) is 11.2. The molecule has 4 nitrogen and oxygen atoms in total. The molecule has 0 aromatic rings. The van der Waals surface area contributed by atoms with Gasteiger partial charge in [0.15, 0.2) is 0 Å². The molecule has 1 fully saturated rings. The molecule has 0 aromatic heterocycles. The number of amides is 2. The SMILES string of the molecule is CCCCC(C)(CCC)N1CC(=O)NC(=O)C1. The molecule has 17 heavy (non-hydrogen) atoms. The normalized spacial score (nSPS) is 21.1. The number of carbonyl (C=O) groups is 2. The lowest BCUT2D eigenvalue weighted by atomic mass is 9.87. The fraction of sp³-hybridized carbons (Fsp3) is 0.846. The summed E-state index contributed by atoms with van der Waals surface area (Å²) in [5.41, 5.74) is -0.0157. The van der Waals surface area contributed by atoms with Crippen LogP contribution in [0, 0.1) is 0 Å². The van der Waals surface area contributed by atoms with E-state index in [4.69, 9.17) is 0 Å². The van der Waals surface area contributed by atoms with Crippen molar-refractivity contribution >= 4 is 11.8 Å². The van der Waals surface area contributed by atoms with E-state index in [2.05, 4.69) is 26.1 Å². The van der Waals surface area contributed by atoms with Crippen molar-refractivity contribution in [2.45, 2.75) is 58.4 Å². The van der Waals surface area contributed by atoms with Crippen LogP contribution in [0.25, 0.3) is 0 Å². The largest absolute Gasteiger partial charge is 0.294 e. The third kappa shape index (κ3) is 3.80. The number of piperazine rings is 1. The van der Waals surface area contributed by atoms with E-state index < -0.39 is 0 Å². The smallest absolute Gasteiger partial charge is 0.240 e. The van der Waals surface area contributed by atoms with Gasteiger partial charge in [0, 0.05) is 5.54 Å². The number of unbranched alkanes of at least 4 members (excludes halogenated alkanes) is 1. The zero-order valence-corrected chi connectivity index (χ0v) is 11.2. The van der Waals surface area contributed by atoms with Gasteiger partial charge in [0.05, 0.1) is 13.1 Å². The van der Waals surface area contributed by atoms with E-state index in [1.54, 1.807) is 0 Å². The first-order valence-electron chi connectivity index (χ1n) is 6.59. The Morgan fingerprint density at radius 3 is 2.18 bits per heavy atom. The van der Waals surface area contributed by atoms with Crippen molar-refractivity contribution in [1.29, 1.82) is 0 Å². The third-order valence-electron chi connectivity index (χ3n) is 3.57. The molecule has 0 spiro atoms. The molecule has 0 aliphatic carbocycles. The third-order valence-corrected chi connectivity index (χ3v) is 3.57. The number of imide groups is 1. The maximum absolute atomic E-state index is 11.4. The Balaban J connectivity index is 2.73. The Labute approximate surface area is 104 Å². The van der Waals surface area contributed by atoms with E-state index in [-0.39, 0.29) is 17.4 Å². The van der Waals surface area contributed by atoms with E-state index >= 15 is 0 Å². The first kappa shape index (κ1) is 14.2. The average Bonchev–Trinajstić information content (AvgIpc) is 2.25. The molecule has 1 aliphatic rings. The molecule has 1 heterocycles.